The van der Waals surface area contributed by atoms with Crippen LogP contribution in [0.2, 0.25) is 0 Å². The second-order valence-electron chi connectivity index (χ2n) is 6.70. The van der Waals surface area contributed by atoms with Gasteiger partial charge < -0.3 is 10.4 Å². The second-order valence-corrected chi connectivity index (χ2v) is 6.70. The first-order valence-corrected chi connectivity index (χ1v) is 8.36. The van der Waals surface area contributed by atoms with Crippen LogP contribution in [0, 0.1) is 11.8 Å². The van der Waals surface area contributed by atoms with Gasteiger partial charge in [-0.2, -0.15) is 13.2 Å². The minimum atomic E-state index is -4.40. The fourth-order valence-corrected chi connectivity index (χ4v) is 3.15. The van der Waals surface area contributed by atoms with E-state index in [1.807, 2.05) is 0 Å². The fourth-order valence-electron chi connectivity index (χ4n) is 3.15. The molecule has 2 N–H and O–H groups in total. The van der Waals surface area contributed by atoms with Crippen molar-refractivity contribution in [1.29, 1.82) is 0 Å². The highest BCUT2D eigenvalue weighted by Crippen LogP contribution is 2.30. The van der Waals surface area contributed by atoms with E-state index in [0.29, 0.717) is 31.2 Å². The van der Waals surface area contributed by atoms with E-state index in [9.17, 15) is 22.8 Å². The molecule has 1 fully saturated rings. The van der Waals surface area contributed by atoms with Crippen LogP contribution >= 0.6 is 0 Å². The van der Waals surface area contributed by atoms with E-state index in [1.54, 1.807) is 13.0 Å². The molecule has 2 rings (SSSR count). The second kappa shape index (κ2) is 7.89. The van der Waals surface area contributed by atoms with Crippen LogP contribution in [0.15, 0.2) is 24.3 Å². The summed E-state index contributed by atoms with van der Waals surface area (Å²) >= 11 is 0. The maximum absolute atomic E-state index is 12.7. The van der Waals surface area contributed by atoms with Crippen LogP contribution in [-0.4, -0.2) is 23.0 Å². The predicted molar refractivity (Wildman–Crippen MR) is 85.8 cm³/mol. The van der Waals surface area contributed by atoms with Crippen LogP contribution in [0.4, 0.5) is 13.2 Å². The zero-order valence-corrected chi connectivity index (χ0v) is 14.0. The van der Waals surface area contributed by atoms with E-state index in [1.165, 1.54) is 6.07 Å². The Labute approximate surface area is 144 Å². The maximum Gasteiger partial charge on any atom is 0.416 e. The number of aliphatic carboxylic acids is 1. The number of hydrogen-bond acceptors (Lipinski definition) is 2. The molecule has 0 heterocycles. The Bertz CT molecular complexity index is 622. The Kier molecular flexibility index (Phi) is 6.08. The molecule has 4 nitrogen and oxygen atoms in total. The number of carboxylic acid groups (broad SMARTS) is 1. The SMILES string of the molecule is CC(Cc1cccc(C(F)(F)F)c1)C(=O)NC1CCC(C(=O)O)CC1. The largest absolute Gasteiger partial charge is 0.481 e. The molecule has 1 saturated carbocycles. The predicted octanol–water partition coefficient (Wildman–Crippen LogP) is 3.64. The van der Waals surface area contributed by atoms with Gasteiger partial charge in [-0.3, -0.25) is 9.59 Å². The Morgan fingerprint density at radius 2 is 1.88 bits per heavy atom. The Morgan fingerprint density at radius 3 is 2.44 bits per heavy atom. The van der Waals surface area contributed by atoms with Crippen LogP contribution in [0.1, 0.15) is 43.7 Å². The van der Waals surface area contributed by atoms with Gasteiger partial charge in [-0.25, -0.2) is 0 Å². The topological polar surface area (TPSA) is 66.4 Å². The van der Waals surface area contributed by atoms with E-state index < -0.39 is 23.6 Å². The molecule has 1 aromatic rings. The molecule has 7 heteroatoms. The lowest BCUT2D eigenvalue weighted by molar-refractivity contribution is -0.143. The smallest absolute Gasteiger partial charge is 0.416 e. The molecule has 0 aromatic heterocycles. The first-order chi connectivity index (χ1) is 11.7. The summed E-state index contributed by atoms with van der Waals surface area (Å²) in [5.41, 5.74) is -0.253. The van der Waals surface area contributed by atoms with Crippen molar-refractivity contribution in [3.8, 4) is 0 Å². The zero-order valence-electron chi connectivity index (χ0n) is 14.0. The molecule has 0 radical (unpaired) electrons. The van der Waals surface area contributed by atoms with Gasteiger partial charge >= 0.3 is 12.1 Å². The maximum atomic E-state index is 12.7. The van der Waals surface area contributed by atoms with Gasteiger partial charge in [0.2, 0.25) is 5.91 Å². The van der Waals surface area contributed by atoms with Gasteiger partial charge in [0, 0.05) is 12.0 Å². The third-order valence-electron chi connectivity index (χ3n) is 4.67. The number of amides is 1. The van der Waals surface area contributed by atoms with Gasteiger partial charge in [0.25, 0.3) is 0 Å². The number of carboxylic acids is 1. The van der Waals surface area contributed by atoms with E-state index in [0.717, 1.165) is 12.1 Å². The minimum absolute atomic E-state index is 0.0629. The van der Waals surface area contributed by atoms with Crippen LogP contribution in [0.3, 0.4) is 0 Å². The Balaban J connectivity index is 1.88. The van der Waals surface area contributed by atoms with Gasteiger partial charge in [-0.15, -0.1) is 0 Å². The highest BCUT2D eigenvalue weighted by molar-refractivity contribution is 5.79. The molecule has 1 unspecified atom stereocenters. The summed E-state index contributed by atoms with van der Waals surface area (Å²) in [6.45, 7) is 1.68. The summed E-state index contributed by atoms with van der Waals surface area (Å²) in [7, 11) is 0. The van der Waals surface area contributed by atoms with Gasteiger partial charge in [-0.1, -0.05) is 25.1 Å². The molecule has 0 bridgehead atoms. The average Bonchev–Trinajstić information content (AvgIpc) is 2.54. The molecule has 0 spiro atoms. The number of hydrogen-bond donors (Lipinski definition) is 2. The summed E-state index contributed by atoms with van der Waals surface area (Å²) in [5, 5.41) is 11.9. The Hall–Kier alpha value is -2.05. The molecule has 0 saturated heterocycles. The van der Waals surface area contributed by atoms with Crippen molar-refractivity contribution < 1.29 is 27.9 Å². The van der Waals surface area contributed by atoms with Gasteiger partial charge in [0.05, 0.1) is 11.5 Å². The first-order valence-electron chi connectivity index (χ1n) is 8.36. The number of benzene rings is 1. The van der Waals surface area contributed by atoms with Crippen LogP contribution < -0.4 is 5.32 Å². The average molecular weight is 357 g/mol. The number of halogens is 3. The molecule has 1 aliphatic carbocycles. The van der Waals surface area contributed by atoms with E-state index in [4.69, 9.17) is 5.11 Å². The van der Waals surface area contributed by atoms with Gasteiger partial charge in [0.15, 0.2) is 0 Å². The van der Waals surface area contributed by atoms with E-state index in [2.05, 4.69) is 5.32 Å². The molecule has 138 valence electrons. The van der Waals surface area contributed by atoms with Crippen LogP contribution in [0.25, 0.3) is 0 Å². The summed E-state index contributed by atoms with van der Waals surface area (Å²) in [4.78, 5) is 23.2. The molecule has 1 atom stereocenters. The monoisotopic (exact) mass is 357 g/mol. The van der Waals surface area contributed by atoms with Crippen molar-refractivity contribution in [3.63, 3.8) is 0 Å². The van der Waals surface area contributed by atoms with Crippen molar-refractivity contribution >= 4 is 11.9 Å². The first kappa shape index (κ1) is 19.3. The van der Waals surface area contributed by atoms with Crippen LogP contribution in [-0.2, 0) is 22.2 Å². The third kappa shape index (κ3) is 5.47. The van der Waals surface area contributed by atoms with Crippen molar-refractivity contribution in [1.82, 2.24) is 5.32 Å². The lowest BCUT2D eigenvalue weighted by Gasteiger charge is -2.28. The Morgan fingerprint density at radius 1 is 1.24 bits per heavy atom. The highest BCUT2D eigenvalue weighted by Gasteiger charge is 2.31. The zero-order chi connectivity index (χ0) is 18.6. The summed E-state index contributed by atoms with van der Waals surface area (Å²) in [6.07, 6.45) is -1.90. The van der Waals surface area contributed by atoms with Crippen molar-refractivity contribution in [2.75, 3.05) is 0 Å². The van der Waals surface area contributed by atoms with E-state index >= 15 is 0 Å². The molecule has 1 aromatic carbocycles. The summed E-state index contributed by atoms with van der Waals surface area (Å²) in [6, 6.07) is 4.94. The molecular weight excluding hydrogens is 335 g/mol. The molecule has 1 amide bonds. The third-order valence-corrected chi connectivity index (χ3v) is 4.67. The van der Waals surface area contributed by atoms with Crippen molar-refractivity contribution in [2.45, 2.75) is 51.2 Å². The van der Waals surface area contributed by atoms with Gasteiger partial charge in [0.1, 0.15) is 0 Å². The van der Waals surface area contributed by atoms with Crippen LogP contribution in [0.5, 0.6) is 0 Å². The number of nitrogens with one attached hydrogen (secondary N) is 1. The van der Waals surface area contributed by atoms with E-state index in [-0.39, 0.29) is 24.3 Å². The fraction of sp³-hybridized carbons (Fsp3) is 0.556. The standard InChI is InChI=1S/C18H22F3NO3/c1-11(9-12-3-2-4-14(10-12)18(19,20)21)16(23)22-15-7-5-13(6-8-15)17(24)25/h2-4,10-11,13,15H,5-9H2,1H3,(H,22,23)(H,24,25). The summed E-state index contributed by atoms with van der Waals surface area (Å²) < 4.78 is 38.2. The number of rotatable bonds is 5. The molecule has 0 aliphatic heterocycles. The quantitative estimate of drug-likeness (QED) is 0.845. The summed E-state index contributed by atoms with van der Waals surface area (Å²) in [5.74, 6) is -1.82. The lowest BCUT2D eigenvalue weighted by Crippen LogP contribution is -2.41. The lowest BCUT2D eigenvalue weighted by atomic mass is 9.86. The number of alkyl halides is 3. The minimum Gasteiger partial charge on any atom is -0.481 e. The van der Waals surface area contributed by atoms with Crippen molar-refractivity contribution in [2.24, 2.45) is 11.8 Å². The number of carbonyl (C=O) groups is 2. The number of carbonyl (C=O) groups excluding carboxylic acids is 1. The van der Waals surface area contributed by atoms with Gasteiger partial charge in [-0.05, 0) is 43.7 Å². The van der Waals surface area contributed by atoms with Crippen molar-refractivity contribution in [3.05, 3.63) is 35.4 Å². The molecular formula is C18H22F3NO3. The highest BCUT2D eigenvalue weighted by atomic mass is 19.4. The normalized spacial score (nSPS) is 22.2. The molecule has 25 heavy (non-hydrogen) atoms. The molecule has 1 aliphatic rings.